The van der Waals surface area contributed by atoms with Gasteiger partial charge in [-0.2, -0.15) is 0 Å². The van der Waals surface area contributed by atoms with Gasteiger partial charge in [0.15, 0.2) is 5.65 Å². The molecule has 0 saturated carbocycles. The molecule has 1 saturated heterocycles. The highest BCUT2D eigenvalue weighted by Gasteiger charge is 2.26. The van der Waals surface area contributed by atoms with E-state index in [1.54, 1.807) is 0 Å². The molecule has 1 aliphatic rings. The van der Waals surface area contributed by atoms with Gasteiger partial charge < -0.3 is 9.47 Å². The summed E-state index contributed by atoms with van der Waals surface area (Å²) in [5, 5.41) is 0. The van der Waals surface area contributed by atoms with Crippen molar-refractivity contribution in [2.75, 3.05) is 33.2 Å². The molecule has 0 bridgehead atoms. The summed E-state index contributed by atoms with van der Waals surface area (Å²) in [5.74, 6) is 1.77. The summed E-state index contributed by atoms with van der Waals surface area (Å²) in [7, 11) is 2.23. The number of fused-ring (bicyclic) bond motifs is 1. The van der Waals surface area contributed by atoms with Gasteiger partial charge in [0, 0.05) is 44.3 Å². The van der Waals surface area contributed by atoms with Crippen LogP contribution in [0, 0.1) is 19.8 Å². The zero-order valence-electron chi connectivity index (χ0n) is 22.0. The maximum Gasteiger partial charge on any atom is 0.160 e. The molecule has 3 aromatic rings. The smallest absolute Gasteiger partial charge is 0.160 e. The Labute approximate surface area is 223 Å². The Balaban J connectivity index is 0.00000216. The van der Waals surface area contributed by atoms with Gasteiger partial charge in [0.25, 0.3) is 0 Å². The average Bonchev–Trinajstić information content (AvgIpc) is 3.13. The Morgan fingerprint density at radius 3 is 2.43 bits per heavy atom. The Hall–Kier alpha value is -1.92. The van der Waals surface area contributed by atoms with Gasteiger partial charge in [-0.05, 0) is 49.6 Å². The van der Waals surface area contributed by atoms with E-state index in [9.17, 15) is 0 Å². The Bertz CT molecular complexity index is 1120. The molecule has 0 radical (unpaired) electrons. The normalized spacial score (nSPS) is 17.2. The van der Waals surface area contributed by atoms with Crippen LogP contribution < -0.4 is 0 Å². The Morgan fingerprint density at radius 1 is 1.06 bits per heavy atom. The van der Waals surface area contributed by atoms with Crippen molar-refractivity contribution in [3.8, 4) is 0 Å². The number of hydrogen-bond donors (Lipinski definition) is 0. The van der Waals surface area contributed by atoms with E-state index in [1.165, 1.54) is 16.7 Å². The molecule has 0 spiro atoms. The number of imidazole rings is 1. The Morgan fingerprint density at radius 2 is 1.77 bits per heavy atom. The zero-order chi connectivity index (χ0) is 23.5. The molecule has 1 aliphatic heterocycles. The number of benzene rings is 1. The monoisotopic (exact) mass is 517 g/mol. The fraction of sp³-hybridized carbons (Fsp3) is 0.500. The molecule has 0 N–H and O–H groups in total. The molecular weight excluding hydrogens is 477 g/mol. The fourth-order valence-electron chi connectivity index (χ4n) is 4.98. The van der Waals surface area contributed by atoms with Gasteiger partial charge in [-0.3, -0.25) is 4.90 Å². The average molecular weight is 519 g/mol. The molecule has 0 aliphatic carbocycles. The summed E-state index contributed by atoms with van der Waals surface area (Å²) in [6, 6.07) is 11.7. The number of rotatable bonds is 7. The molecule has 0 amide bonds. The van der Waals surface area contributed by atoms with Gasteiger partial charge in [0.05, 0.1) is 6.54 Å². The summed E-state index contributed by atoms with van der Waals surface area (Å²) in [6.07, 6.45) is 5.49. The third kappa shape index (κ3) is 6.85. The number of halogens is 2. The standard InChI is InChI=1S/C28H39N5.2ClH/c1-7-26-30-27-21(4)17-22(5)29-28(27)33(26)18-24-12-10-23(11-13-24)9-8-14-32-16-15-31(6)19-25(32)20(2)3;;/h8-13,17,20,25H,7,14-16,18-19H2,1-6H3;2*1H/t25-;;/m1../s1. The first-order valence-corrected chi connectivity index (χ1v) is 12.4. The van der Waals surface area contributed by atoms with Crippen LogP contribution in [0.4, 0.5) is 0 Å². The molecule has 7 heteroatoms. The molecule has 2 aromatic heterocycles. The largest absolute Gasteiger partial charge is 0.308 e. The van der Waals surface area contributed by atoms with Crippen molar-refractivity contribution in [3.05, 3.63) is 64.6 Å². The van der Waals surface area contributed by atoms with Crippen LogP contribution in [0.15, 0.2) is 36.4 Å². The van der Waals surface area contributed by atoms with E-state index in [0.717, 1.165) is 61.8 Å². The van der Waals surface area contributed by atoms with Crippen molar-refractivity contribution in [1.29, 1.82) is 0 Å². The molecule has 5 nitrogen and oxygen atoms in total. The van der Waals surface area contributed by atoms with Crippen molar-refractivity contribution in [2.45, 2.75) is 53.6 Å². The second kappa shape index (κ2) is 12.9. The SMILES string of the molecule is CCc1nc2c(C)cc(C)nc2n1Cc1ccc(C=CCN2CCN(C)C[C@@H]2C(C)C)cc1.Cl.Cl. The molecule has 1 fully saturated rings. The van der Waals surface area contributed by atoms with Crippen molar-refractivity contribution in [1.82, 2.24) is 24.3 Å². The van der Waals surface area contributed by atoms with Crippen molar-refractivity contribution >= 4 is 42.1 Å². The van der Waals surface area contributed by atoms with E-state index < -0.39 is 0 Å². The first-order valence-electron chi connectivity index (χ1n) is 12.4. The molecule has 1 aromatic carbocycles. The minimum Gasteiger partial charge on any atom is -0.308 e. The summed E-state index contributed by atoms with van der Waals surface area (Å²) >= 11 is 0. The number of pyridine rings is 1. The number of aromatic nitrogens is 3. The highest BCUT2D eigenvalue weighted by Crippen LogP contribution is 2.21. The number of nitrogens with zero attached hydrogens (tertiary/aromatic N) is 5. The zero-order valence-corrected chi connectivity index (χ0v) is 23.6. The minimum absolute atomic E-state index is 0. The van der Waals surface area contributed by atoms with Crippen LogP contribution in [0.2, 0.25) is 0 Å². The van der Waals surface area contributed by atoms with Crippen LogP contribution in [0.5, 0.6) is 0 Å². The van der Waals surface area contributed by atoms with Gasteiger partial charge in [0.1, 0.15) is 11.3 Å². The summed E-state index contributed by atoms with van der Waals surface area (Å²) in [5.41, 5.74) is 6.81. The lowest BCUT2D eigenvalue weighted by atomic mass is 10.00. The number of aryl methyl sites for hydroxylation is 3. The fourth-order valence-corrected chi connectivity index (χ4v) is 4.98. The molecule has 35 heavy (non-hydrogen) atoms. The van der Waals surface area contributed by atoms with Crippen LogP contribution in [0.25, 0.3) is 17.2 Å². The van der Waals surface area contributed by atoms with E-state index >= 15 is 0 Å². The molecule has 192 valence electrons. The topological polar surface area (TPSA) is 37.2 Å². The van der Waals surface area contributed by atoms with Crippen LogP contribution in [0.3, 0.4) is 0 Å². The summed E-state index contributed by atoms with van der Waals surface area (Å²) in [6.45, 7) is 16.3. The lowest BCUT2D eigenvalue weighted by Gasteiger charge is -2.41. The van der Waals surface area contributed by atoms with Gasteiger partial charge in [-0.25, -0.2) is 9.97 Å². The number of likely N-dealkylation sites (N-methyl/N-ethyl adjacent to an activating group) is 1. The quantitative estimate of drug-likeness (QED) is 0.397. The molecule has 1 atom stereocenters. The maximum absolute atomic E-state index is 4.88. The van der Waals surface area contributed by atoms with Crippen molar-refractivity contribution < 1.29 is 0 Å². The van der Waals surface area contributed by atoms with Crippen molar-refractivity contribution in [2.24, 2.45) is 5.92 Å². The lowest BCUT2D eigenvalue weighted by Crippen LogP contribution is -2.53. The van der Waals surface area contributed by atoms with Gasteiger partial charge >= 0.3 is 0 Å². The highest BCUT2D eigenvalue weighted by atomic mass is 35.5. The third-order valence-corrected chi connectivity index (χ3v) is 6.89. The second-order valence-electron chi connectivity index (χ2n) is 9.93. The molecule has 4 rings (SSSR count). The second-order valence-corrected chi connectivity index (χ2v) is 9.93. The van der Waals surface area contributed by atoms with Crippen LogP contribution in [-0.2, 0) is 13.0 Å². The number of piperazine rings is 1. The van der Waals surface area contributed by atoms with Gasteiger partial charge in [0.2, 0.25) is 0 Å². The van der Waals surface area contributed by atoms with Crippen LogP contribution in [-0.4, -0.2) is 63.6 Å². The highest BCUT2D eigenvalue weighted by molar-refractivity contribution is 5.85. The van der Waals surface area contributed by atoms with Gasteiger partial charge in [-0.1, -0.05) is 57.2 Å². The van der Waals surface area contributed by atoms with Crippen molar-refractivity contribution in [3.63, 3.8) is 0 Å². The third-order valence-electron chi connectivity index (χ3n) is 6.89. The van der Waals surface area contributed by atoms with E-state index in [4.69, 9.17) is 9.97 Å². The first-order chi connectivity index (χ1) is 15.9. The Kier molecular flexibility index (Phi) is 10.8. The van der Waals surface area contributed by atoms with E-state index in [-0.39, 0.29) is 24.8 Å². The van der Waals surface area contributed by atoms with Crippen LogP contribution >= 0.6 is 24.8 Å². The summed E-state index contributed by atoms with van der Waals surface area (Å²) < 4.78 is 2.28. The minimum atomic E-state index is 0. The molecular formula is C28H41Cl2N5. The summed E-state index contributed by atoms with van der Waals surface area (Å²) in [4.78, 5) is 14.8. The predicted octanol–water partition coefficient (Wildman–Crippen LogP) is 5.79. The first kappa shape index (κ1) is 29.3. The lowest BCUT2D eigenvalue weighted by molar-refractivity contribution is 0.0733. The maximum atomic E-state index is 4.88. The van der Waals surface area contributed by atoms with E-state index in [2.05, 4.69) is 98.5 Å². The number of hydrogen-bond acceptors (Lipinski definition) is 4. The van der Waals surface area contributed by atoms with Crippen LogP contribution in [0.1, 0.15) is 49.0 Å². The van der Waals surface area contributed by atoms with E-state index in [1.807, 2.05) is 0 Å². The molecule has 0 unspecified atom stereocenters. The van der Waals surface area contributed by atoms with Gasteiger partial charge in [-0.15, -0.1) is 24.8 Å². The predicted molar refractivity (Wildman–Crippen MR) is 153 cm³/mol. The van der Waals surface area contributed by atoms with E-state index in [0.29, 0.717) is 12.0 Å². The molecule has 3 heterocycles.